The van der Waals surface area contributed by atoms with E-state index in [0.717, 1.165) is 6.42 Å². The van der Waals surface area contributed by atoms with Crippen LogP contribution in [0, 0.1) is 0 Å². The van der Waals surface area contributed by atoms with Crippen LogP contribution in [0.3, 0.4) is 0 Å². The first-order valence-electron chi connectivity index (χ1n) is 11.3. The van der Waals surface area contributed by atoms with Gasteiger partial charge in [-0.2, -0.15) is 5.10 Å². The molecule has 0 atom stereocenters. The van der Waals surface area contributed by atoms with Crippen LogP contribution in [0.25, 0.3) is 0 Å². The number of nitrogens with one attached hydrogen (secondary N) is 2. The van der Waals surface area contributed by atoms with Gasteiger partial charge in [0.25, 0.3) is 11.8 Å². The minimum atomic E-state index is -0.492. The molecule has 2 amide bonds. The number of rotatable bonds is 11. The molecule has 0 bridgehead atoms. The molecule has 0 spiro atoms. The molecule has 9 nitrogen and oxygen atoms in total. The van der Waals surface area contributed by atoms with Crippen LogP contribution in [-0.2, 0) is 4.79 Å². The Balaban J connectivity index is 1.41. The summed E-state index contributed by atoms with van der Waals surface area (Å²) in [5, 5.41) is 6.41. The zero-order valence-electron chi connectivity index (χ0n) is 20.0. The Bertz CT molecular complexity index is 1190. The largest absolute Gasteiger partial charge is 0.497 e. The Morgan fingerprint density at radius 1 is 0.833 bits per heavy atom. The molecule has 0 aliphatic carbocycles. The zero-order valence-corrected chi connectivity index (χ0v) is 20.0. The lowest BCUT2D eigenvalue weighted by Crippen LogP contribution is -2.34. The lowest BCUT2D eigenvalue weighted by Gasteiger charge is -2.07. The number of methoxy groups -OCH3 is 1. The van der Waals surface area contributed by atoms with E-state index in [1.165, 1.54) is 6.21 Å². The van der Waals surface area contributed by atoms with E-state index in [1.807, 2.05) is 6.92 Å². The zero-order chi connectivity index (χ0) is 25.8. The van der Waals surface area contributed by atoms with Gasteiger partial charge >= 0.3 is 5.97 Å². The van der Waals surface area contributed by atoms with Crippen LogP contribution in [-0.4, -0.2) is 44.3 Å². The molecular weight excluding hydrogens is 462 g/mol. The minimum Gasteiger partial charge on any atom is -0.497 e. The molecule has 0 unspecified atom stereocenters. The monoisotopic (exact) mass is 489 g/mol. The smallest absolute Gasteiger partial charge is 0.343 e. The van der Waals surface area contributed by atoms with Crippen LogP contribution in [0.5, 0.6) is 17.2 Å². The minimum absolute atomic E-state index is 0.232. The van der Waals surface area contributed by atoms with Crippen molar-refractivity contribution in [3.05, 3.63) is 89.5 Å². The van der Waals surface area contributed by atoms with Gasteiger partial charge in [0.15, 0.2) is 0 Å². The molecule has 0 aromatic heterocycles. The Hall–Kier alpha value is -4.66. The lowest BCUT2D eigenvalue weighted by molar-refractivity contribution is -0.120. The molecule has 3 aromatic carbocycles. The molecule has 3 aromatic rings. The average molecular weight is 490 g/mol. The number of benzene rings is 3. The molecular formula is C27H27N3O6. The molecule has 9 heteroatoms. The highest BCUT2D eigenvalue weighted by atomic mass is 16.5. The molecule has 0 saturated carbocycles. The second kappa shape index (κ2) is 13.3. The molecule has 0 radical (unpaired) electrons. The number of hydrogen-bond donors (Lipinski definition) is 2. The van der Waals surface area contributed by atoms with Gasteiger partial charge in [0.2, 0.25) is 0 Å². The van der Waals surface area contributed by atoms with Crippen LogP contribution in [0.1, 0.15) is 39.6 Å². The van der Waals surface area contributed by atoms with E-state index in [-0.39, 0.29) is 12.5 Å². The number of hydrazone groups is 1. The number of nitrogens with zero attached hydrogens (tertiary/aromatic N) is 1. The second-order valence-electron chi connectivity index (χ2n) is 7.54. The quantitative estimate of drug-likeness (QED) is 0.184. The maximum Gasteiger partial charge on any atom is 0.343 e. The molecule has 3 rings (SSSR count). The Labute approximate surface area is 209 Å². The highest BCUT2D eigenvalue weighted by molar-refractivity contribution is 5.96. The van der Waals surface area contributed by atoms with Crippen molar-refractivity contribution in [1.29, 1.82) is 0 Å². The standard InChI is InChI=1S/C27H27N3O6/c1-3-16-35-23-14-6-20(7-15-23)26(32)28-18-25(31)30-29-17-19-4-10-24(11-5-19)36-27(33)21-8-12-22(34-2)13-9-21/h4-15,17H,3,16,18H2,1-2H3,(H,28,32)(H,30,31)/b29-17-. The van der Waals surface area contributed by atoms with Gasteiger partial charge in [0.1, 0.15) is 17.2 Å². The molecule has 0 saturated heterocycles. The molecule has 186 valence electrons. The van der Waals surface area contributed by atoms with Crippen molar-refractivity contribution in [2.45, 2.75) is 13.3 Å². The lowest BCUT2D eigenvalue weighted by atomic mass is 10.2. The summed E-state index contributed by atoms with van der Waals surface area (Å²) in [6.07, 6.45) is 2.33. The highest BCUT2D eigenvalue weighted by Crippen LogP contribution is 2.16. The fraction of sp³-hybridized carbons (Fsp3) is 0.185. The first-order valence-corrected chi connectivity index (χ1v) is 11.3. The third kappa shape index (κ3) is 7.98. The van der Waals surface area contributed by atoms with E-state index in [9.17, 15) is 14.4 Å². The predicted molar refractivity (Wildman–Crippen MR) is 135 cm³/mol. The van der Waals surface area contributed by atoms with Crippen LogP contribution < -0.4 is 25.0 Å². The highest BCUT2D eigenvalue weighted by Gasteiger charge is 2.09. The summed E-state index contributed by atoms with van der Waals surface area (Å²) in [7, 11) is 1.55. The second-order valence-corrected chi connectivity index (χ2v) is 7.54. The fourth-order valence-electron chi connectivity index (χ4n) is 2.92. The van der Waals surface area contributed by atoms with E-state index in [2.05, 4.69) is 15.8 Å². The predicted octanol–water partition coefficient (Wildman–Crippen LogP) is 3.58. The topological polar surface area (TPSA) is 115 Å². The van der Waals surface area contributed by atoms with Gasteiger partial charge in [-0.05, 0) is 84.8 Å². The van der Waals surface area contributed by atoms with E-state index < -0.39 is 11.9 Å². The summed E-state index contributed by atoms with van der Waals surface area (Å²) in [5.74, 6) is 0.346. The van der Waals surface area contributed by atoms with Gasteiger partial charge in [-0.15, -0.1) is 0 Å². The van der Waals surface area contributed by atoms with E-state index in [4.69, 9.17) is 14.2 Å². The number of hydrogen-bond acceptors (Lipinski definition) is 7. The van der Waals surface area contributed by atoms with E-state index in [1.54, 1.807) is 79.9 Å². The number of carbonyl (C=O) groups is 3. The van der Waals surface area contributed by atoms with Gasteiger partial charge < -0.3 is 19.5 Å². The molecule has 2 N–H and O–H groups in total. The fourth-order valence-corrected chi connectivity index (χ4v) is 2.92. The Morgan fingerprint density at radius 3 is 2.08 bits per heavy atom. The van der Waals surface area contributed by atoms with E-state index in [0.29, 0.717) is 40.5 Å². The van der Waals surface area contributed by atoms with Crippen molar-refractivity contribution in [2.24, 2.45) is 5.10 Å². The SMILES string of the molecule is CCCOc1ccc(C(=O)NCC(=O)N/N=C\c2ccc(OC(=O)c3ccc(OC)cc3)cc2)cc1. The maximum atomic E-state index is 12.2. The van der Waals surface area contributed by atoms with Crippen LogP contribution in [0.4, 0.5) is 0 Å². The molecule has 0 heterocycles. The van der Waals surface area contributed by atoms with E-state index >= 15 is 0 Å². The summed E-state index contributed by atoms with van der Waals surface area (Å²) < 4.78 is 15.9. The van der Waals surface area contributed by atoms with Gasteiger partial charge in [0, 0.05) is 5.56 Å². The first kappa shape index (κ1) is 26.0. The van der Waals surface area contributed by atoms with Crippen molar-refractivity contribution in [3.63, 3.8) is 0 Å². The molecule has 36 heavy (non-hydrogen) atoms. The van der Waals surface area contributed by atoms with Crippen molar-refractivity contribution < 1.29 is 28.6 Å². The van der Waals surface area contributed by atoms with Gasteiger partial charge in [-0.3, -0.25) is 9.59 Å². The van der Waals surface area contributed by atoms with Gasteiger partial charge in [-0.1, -0.05) is 6.92 Å². The van der Waals surface area contributed by atoms with Crippen molar-refractivity contribution >= 4 is 24.0 Å². The molecule has 0 aliphatic rings. The Morgan fingerprint density at radius 2 is 1.44 bits per heavy atom. The number of esters is 1. The molecule has 0 fully saturated rings. The summed E-state index contributed by atoms with van der Waals surface area (Å²) in [5.41, 5.74) is 3.84. The maximum absolute atomic E-state index is 12.2. The Kier molecular flexibility index (Phi) is 9.58. The molecule has 0 aliphatic heterocycles. The third-order valence-corrected chi connectivity index (χ3v) is 4.82. The van der Waals surface area contributed by atoms with Crippen LogP contribution in [0.2, 0.25) is 0 Å². The first-order chi connectivity index (χ1) is 17.5. The third-order valence-electron chi connectivity index (χ3n) is 4.82. The summed E-state index contributed by atoms with van der Waals surface area (Å²) >= 11 is 0. The summed E-state index contributed by atoms with van der Waals surface area (Å²) in [4.78, 5) is 36.4. The van der Waals surface area contributed by atoms with Crippen molar-refractivity contribution in [2.75, 3.05) is 20.3 Å². The number of amides is 2. The van der Waals surface area contributed by atoms with Gasteiger partial charge in [-0.25, -0.2) is 10.2 Å². The van der Waals surface area contributed by atoms with Crippen LogP contribution in [0.15, 0.2) is 77.9 Å². The number of ether oxygens (including phenoxy) is 3. The normalized spacial score (nSPS) is 10.5. The van der Waals surface area contributed by atoms with Crippen molar-refractivity contribution in [3.8, 4) is 17.2 Å². The van der Waals surface area contributed by atoms with Crippen molar-refractivity contribution in [1.82, 2.24) is 10.7 Å². The van der Waals surface area contributed by atoms with Gasteiger partial charge in [0.05, 0.1) is 32.0 Å². The van der Waals surface area contributed by atoms with Crippen LogP contribution >= 0.6 is 0 Å². The average Bonchev–Trinajstić information content (AvgIpc) is 2.91. The summed E-state index contributed by atoms with van der Waals surface area (Å²) in [6, 6.07) is 19.9. The number of carbonyl (C=O) groups excluding carboxylic acids is 3. The summed E-state index contributed by atoms with van der Waals surface area (Å²) in [6.45, 7) is 2.39.